The molecule has 0 aliphatic heterocycles. The Labute approximate surface area is 78.1 Å². The summed E-state index contributed by atoms with van der Waals surface area (Å²) in [5.41, 5.74) is 3.03. The van der Waals surface area contributed by atoms with Crippen molar-refractivity contribution in [3.63, 3.8) is 0 Å². The first-order valence-corrected chi connectivity index (χ1v) is 4.64. The van der Waals surface area contributed by atoms with Crippen LogP contribution < -0.4 is 0 Å². The maximum atomic E-state index is 11.7. The smallest absolute Gasteiger partial charge is 0.189 e. The SMILES string of the molecule is CC/C=C1\Cc2ccccc2C1=O. The average molecular weight is 172 g/mol. The maximum Gasteiger partial charge on any atom is 0.189 e. The summed E-state index contributed by atoms with van der Waals surface area (Å²) in [6.45, 7) is 2.06. The number of allylic oxidation sites excluding steroid dienone is 2. The number of carbonyl (C=O) groups excluding carboxylic acids is 1. The minimum absolute atomic E-state index is 0.220. The Kier molecular flexibility index (Phi) is 2.01. The van der Waals surface area contributed by atoms with E-state index < -0.39 is 0 Å². The summed E-state index contributed by atoms with van der Waals surface area (Å²) in [7, 11) is 0. The quantitative estimate of drug-likeness (QED) is 0.595. The Balaban J connectivity index is 2.44. The van der Waals surface area contributed by atoms with Gasteiger partial charge in [0.25, 0.3) is 0 Å². The van der Waals surface area contributed by atoms with Crippen LogP contribution in [0.15, 0.2) is 35.9 Å². The topological polar surface area (TPSA) is 17.1 Å². The molecule has 0 saturated heterocycles. The summed E-state index contributed by atoms with van der Waals surface area (Å²) >= 11 is 0. The van der Waals surface area contributed by atoms with Crippen molar-refractivity contribution in [2.75, 3.05) is 0 Å². The molecule has 1 nitrogen and oxygen atoms in total. The molecule has 0 N–H and O–H groups in total. The van der Waals surface area contributed by atoms with E-state index in [0.29, 0.717) is 0 Å². The van der Waals surface area contributed by atoms with Gasteiger partial charge in [0, 0.05) is 17.6 Å². The lowest BCUT2D eigenvalue weighted by Gasteiger charge is -1.91. The molecule has 0 atom stereocenters. The van der Waals surface area contributed by atoms with Crippen LogP contribution in [0.1, 0.15) is 29.3 Å². The van der Waals surface area contributed by atoms with Crippen LogP contribution in [0.3, 0.4) is 0 Å². The fourth-order valence-electron chi connectivity index (χ4n) is 1.77. The number of ketones is 1. The normalized spacial score (nSPS) is 17.9. The van der Waals surface area contributed by atoms with E-state index in [9.17, 15) is 4.79 Å². The van der Waals surface area contributed by atoms with Crippen LogP contribution in [-0.2, 0) is 6.42 Å². The summed E-state index contributed by atoms with van der Waals surface area (Å²) < 4.78 is 0. The highest BCUT2D eigenvalue weighted by atomic mass is 16.1. The number of rotatable bonds is 1. The van der Waals surface area contributed by atoms with Crippen LogP contribution in [0.4, 0.5) is 0 Å². The minimum Gasteiger partial charge on any atom is -0.289 e. The molecule has 0 saturated carbocycles. The second-order valence-electron chi connectivity index (χ2n) is 3.30. The zero-order chi connectivity index (χ0) is 9.26. The first-order chi connectivity index (χ1) is 6.33. The summed E-state index contributed by atoms with van der Waals surface area (Å²) in [4.78, 5) is 11.7. The van der Waals surface area contributed by atoms with Gasteiger partial charge < -0.3 is 0 Å². The number of Topliss-reactive ketones (excluding diaryl/α,β-unsaturated/α-hetero) is 1. The van der Waals surface area contributed by atoms with Gasteiger partial charge in [0.05, 0.1) is 0 Å². The van der Waals surface area contributed by atoms with Crippen molar-refractivity contribution in [2.45, 2.75) is 19.8 Å². The molecule has 0 unspecified atom stereocenters. The number of hydrogen-bond acceptors (Lipinski definition) is 1. The lowest BCUT2D eigenvalue weighted by molar-refractivity contribution is 0.103. The number of benzene rings is 1. The van der Waals surface area contributed by atoms with E-state index in [1.807, 2.05) is 30.3 Å². The van der Waals surface area contributed by atoms with E-state index in [2.05, 4.69) is 6.92 Å². The van der Waals surface area contributed by atoms with Crippen LogP contribution in [0, 0.1) is 0 Å². The summed E-state index contributed by atoms with van der Waals surface area (Å²) in [5, 5.41) is 0. The van der Waals surface area contributed by atoms with Gasteiger partial charge in [-0.25, -0.2) is 0 Å². The lowest BCUT2D eigenvalue weighted by Crippen LogP contribution is -1.94. The molecule has 1 aliphatic rings. The van der Waals surface area contributed by atoms with Crippen LogP contribution in [0.2, 0.25) is 0 Å². The third-order valence-electron chi connectivity index (χ3n) is 2.39. The second-order valence-corrected chi connectivity index (χ2v) is 3.30. The van der Waals surface area contributed by atoms with Gasteiger partial charge in [-0.2, -0.15) is 0 Å². The van der Waals surface area contributed by atoms with Gasteiger partial charge in [-0.15, -0.1) is 0 Å². The monoisotopic (exact) mass is 172 g/mol. The summed E-state index contributed by atoms with van der Waals surface area (Å²) in [6, 6.07) is 7.85. The van der Waals surface area contributed by atoms with Gasteiger partial charge in [-0.1, -0.05) is 37.3 Å². The number of hydrogen-bond donors (Lipinski definition) is 0. The van der Waals surface area contributed by atoms with E-state index in [-0.39, 0.29) is 5.78 Å². The second kappa shape index (κ2) is 3.17. The minimum atomic E-state index is 0.220. The van der Waals surface area contributed by atoms with Gasteiger partial charge in [-0.05, 0) is 12.0 Å². The molecule has 0 radical (unpaired) electrons. The van der Waals surface area contributed by atoms with Crippen molar-refractivity contribution in [3.05, 3.63) is 47.0 Å². The van der Waals surface area contributed by atoms with E-state index >= 15 is 0 Å². The highest BCUT2D eigenvalue weighted by Crippen LogP contribution is 2.25. The lowest BCUT2D eigenvalue weighted by atomic mass is 10.1. The van der Waals surface area contributed by atoms with Crippen LogP contribution in [0.5, 0.6) is 0 Å². The Morgan fingerprint density at radius 1 is 1.38 bits per heavy atom. The predicted octanol–water partition coefficient (Wildman–Crippen LogP) is 2.76. The molecule has 13 heavy (non-hydrogen) atoms. The molecule has 2 rings (SSSR count). The molecule has 66 valence electrons. The van der Waals surface area contributed by atoms with E-state index in [1.54, 1.807) is 0 Å². The molecule has 1 aliphatic carbocycles. The zero-order valence-electron chi connectivity index (χ0n) is 7.71. The summed E-state index contributed by atoms with van der Waals surface area (Å²) in [5.74, 6) is 0.220. The first kappa shape index (κ1) is 8.24. The number of fused-ring (bicyclic) bond motifs is 1. The molecular weight excluding hydrogens is 160 g/mol. The molecular formula is C12H12O. The standard InChI is InChI=1S/C12H12O/c1-2-5-10-8-9-6-3-4-7-11(9)12(10)13/h3-7H,2,8H2,1H3/b10-5+. The summed E-state index contributed by atoms with van der Waals surface area (Å²) in [6.07, 6.45) is 3.79. The first-order valence-electron chi connectivity index (χ1n) is 4.64. The Bertz CT molecular complexity index is 374. The van der Waals surface area contributed by atoms with Crippen molar-refractivity contribution in [1.29, 1.82) is 0 Å². The molecule has 1 heteroatoms. The fourth-order valence-corrected chi connectivity index (χ4v) is 1.77. The van der Waals surface area contributed by atoms with Crippen molar-refractivity contribution in [2.24, 2.45) is 0 Å². The van der Waals surface area contributed by atoms with Crippen molar-refractivity contribution < 1.29 is 4.79 Å². The van der Waals surface area contributed by atoms with E-state index in [4.69, 9.17) is 0 Å². The largest absolute Gasteiger partial charge is 0.289 e. The molecule has 0 heterocycles. The Morgan fingerprint density at radius 3 is 2.85 bits per heavy atom. The highest BCUT2D eigenvalue weighted by Gasteiger charge is 2.22. The van der Waals surface area contributed by atoms with Crippen molar-refractivity contribution >= 4 is 5.78 Å². The van der Waals surface area contributed by atoms with Crippen LogP contribution >= 0.6 is 0 Å². The van der Waals surface area contributed by atoms with Gasteiger partial charge in [0.1, 0.15) is 0 Å². The molecule has 0 fully saturated rings. The van der Waals surface area contributed by atoms with Crippen molar-refractivity contribution in [1.82, 2.24) is 0 Å². The van der Waals surface area contributed by atoms with Gasteiger partial charge in [-0.3, -0.25) is 4.79 Å². The molecule has 0 aromatic heterocycles. The zero-order valence-corrected chi connectivity index (χ0v) is 7.71. The van der Waals surface area contributed by atoms with E-state index in [1.165, 1.54) is 5.56 Å². The molecule has 0 spiro atoms. The van der Waals surface area contributed by atoms with E-state index in [0.717, 1.165) is 24.0 Å². The maximum absolute atomic E-state index is 11.7. The predicted molar refractivity (Wildman–Crippen MR) is 52.9 cm³/mol. The molecule has 1 aromatic rings. The van der Waals surface area contributed by atoms with Gasteiger partial charge in [0.15, 0.2) is 5.78 Å². The van der Waals surface area contributed by atoms with Crippen LogP contribution in [-0.4, -0.2) is 5.78 Å². The molecule has 1 aromatic carbocycles. The third-order valence-corrected chi connectivity index (χ3v) is 2.39. The average Bonchev–Trinajstić information content (AvgIpc) is 2.46. The fraction of sp³-hybridized carbons (Fsp3) is 0.250. The van der Waals surface area contributed by atoms with Crippen molar-refractivity contribution in [3.8, 4) is 0 Å². The van der Waals surface area contributed by atoms with Gasteiger partial charge >= 0.3 is 0 Å². The molecule has 0 amide bonds. The van der Waals surface area contributed by atoms with Crippen LogP contribution in [0.25, 0.3) is 0 Å². The van der Waals surface area contributed by atoms with Gasteiger partial charge in [0.2, 0.25) is 0 Å². The number of carbonyl (C=O) groups is 1. The Hall–Kier alpha value is -1.37. The molecule has 0 bridgehead atoms. The third kappa shape index (κ3) is 1.31. The highest BCUT2D eigenvalue weighted by molar-refractivity contribution is 6.13. The Morgan fingerprint density at radius 2 is 2.15 bits per heavy atom.